The summed E-state index contributed by atoms with van der Waals surface area (Å²) < 4.78 is 8.95. The molecule has 3 heterocycles. The third kappa shape index (κ3) is 5.34. The number of carbonyl (C=O) groups excluding carboxylic acids is 1. The molecule has 0 unspecified atom stereocenters. The first-order valence-corrected chi connectivity index (χ1v) is 12.6. The molecule has 0 saturated heterocycles. The van der Waals surface area contributed by atoms with Crippen molar-refractivity contribution >= 4 is 17.1 Å². The summed E-state index contributed by atoms with van der Waals surface area (Å²) in [5.41, 5.74) is 0.0246. The maximum atomic E-state index is 13.2. The first-order valence-electron chi connectivity index (χ1n) is 12.6. The number of aryl methyl sites for hydroxylation is 3. The highest BCUT2D eigenvalue weighted by atomic mass is 16.3. The Kier molecular flexibility index (Phi) is 7.70. The first-order chi connectivity index (χ1) is 16.5. The summed E-state index contributed by atoms with van der Waals surface area (Å²) in [6.07, 6.45) is 9.11. The van der Waals surface area contributed by atoms with Gasteiger partial charge in [0.15, 0.2) is 11.2 Å². The fourth-order valence-electron chi connectivity index (χ4n) is 4.43. The maximum Gasteiger partial charge on any atom is 0.330 e. The van der Waals surface area contributed by atoms with Gasteiger partial charge in [0.25, 0.3) is 5.56 Å². The lowest BCUT2D eigenvalue weighted by atomic mass is 10.2. The molecular formula is C25H35N5O4. The molecule has 0 aromatic carbocycles. The number of nitrogens with zero attached hydrogens (tertiary/aromatic N) is 4. The average molecular weight is 470 g/mol. The fraction of sp³-hybridized carbons (Fsp3) is 0.600. The van der Waals surface area contributed by atoms with Crippen LogP contribution in [0.15, 0.2) is 32.4 Å². The van der Waals surface area contributed by atoms with Crippen LogP contribution in [0.2, 0.25) is 0 Å². The molecule has 0 bridgehead atoms. The fourth-order valence-corrected chi connectivity index (χ4v) is 4.43. The van der Waals surface area contributed by atoms with Crippen LogP contribution in [0.25, 0.3) is 11.2 Å². The third-order valence-corrected chi connectivity index (χ3v) is 6.46. The van der Waals surface area contributed by atoms with Crippen LogP contribution in [0.3, 0.4) is 0 Å². The monoisotopic (exact) mass is 469 g/mol. The number of H-pyrrole nitrogens is 1. The number of hydrogen-bond donors (Lipinski definition) is 1. The number of furan rings is 1. The van der Waals surface area contributed by atoms with Crippen molar-refractivity contribution in [3.8, 4) is 0 Å². The lowest BCUT2D eigenvalue weighted by Gasteiger charge is -2.21. The topological polar surface area (TPSA) is 106 Å². The van der Waals surface area contributed by atoms with E-state index >= 15 is 0 Å². The van der Waals surface area contributed by atoms with Crippen molar-refractivity contribution in [2.45, 2.75) is 97.3 Å². The van der Waals surface area contributed by atoms with Gasteiger partial charge in [-0.3, -0.25) is 19.1 Å². The highest BCUT2D eigenvalue weighted by Crippen LogP contribution is 2.29. The van der Waals surface area contributed by atoms with Gasteiger partial charge in [-0.05, 0) is 37.8 Å². The third-order valence-electron chi connectivity index (χ3n) is 6.46. The van der Waals surface area contributed by atoms with Gasteiger partial charge in [-0.15, -0.1) is 0 Å². The Bertz CT molecular complexity index is 1220. The molecular weight excluding hydrogens is 434 g/mol. The Balaban J connectivity index is 1.61. The lowest BCUT2D eigenvalue weighted by Crippen LogP contribution is -2.32. The second-order valence-corrected chi connectivity index (χ2v) is 9.16. The molecule has 3 aromatic rings. The molecule has 1 amide bonds. The number of hydrogen-bond acceptors (Lipinski definition) is 5. The molecule has 184 valence electrons. The summed E-state index contributed by atoms with van der Waals surface area (Å²) in [6, 6.07) is 3.99. The summed E-state index contributed by atoms with van der Waals surface area (Å²) in [6.45, 7) is 5.81. The van der Waals surface area contributed by atoms with Gasteiger partial charge in [-0.25, -0.2) is 9.78 Å². The summed E-state index contributed by atoms with van der Waals surface area (Å²) in [5, 5.41) is 0. The Morgan fingerprint density at radius 3 is 2.59 bits per heavy atom. The van der Waals surface area contributed by atoms with Gasteiger partial charge in [0, 0.05) is 32.0 Å². The number of aromatic amines is 1. The molecule has 9 nitrogen and oxygen atoms in total. The van der Waals surface area contributed by atoms with Gasteiger partial charge < -0.3 is 13.9 Å². The zero-order valence-electron chi connectivity index (χ0n) is 20.2. The molecule has 4 rings (SSSR count). The number of unbranched alkanes of at least 4 members (excludes halogenated alkanes) is 3. The highest BCUT2D eigenvalue weighted by molar-refractivity contribution is 5.77. The van der Waals surface area contributed by atoms with E-state index in [1.807, 2.05) is 21.6 Å². The zero-order valence-corrected chi connectivity index (χ0v) is 20.2. The molecule has 0 atom stereocenters. The van der Waals surface area contributed by atoms with Crippen molar-refractivity contribution in [1.29, 1.82) is 0 Å². The van der Waals surface area contributed by atoms with Gasteiger partial charge in [0.2, 0.25) is 5.91 Å². The van der Waals surface area contributed by atoms with Crippen LogP contribution in [-0.2, 0) is 30.8 Å². The predicted molar refractivity (Wildman–Crippen MR) is 130 cm³/mol. The van der Waals surface area contributed by atoms with Crippen LogP contribution in [0.1, 0.15) is 76.8 Å². The summed E-state index contributed by atoms with van der Waals surface area (Å²) in [7, 11) is 0. The molecule has 3 aromatic heterocycles. The molecule has 1 fully saturated rings. The SMILES string of the molecule is CCCCCn1c(CCC(=O)N(Cc2ccco2)C2CC2)nc2c1c(=O)[nH]c(=O)n2CCCC. The maximum absolute atomic E-state index is 13.2. The van der Waals surface area contributed by atoms with Gasteiger partial charge in [-0.1, -0.05) is 33.1 Å². The van der Waals surface area contributed by atoms with Gasteiger partial charge in [0.1, 0.15) is 11.6 Å². The van der Waals surface area contributed by atoms with Crippen LogP contribution in [0, 0.1) is 0 Å². The van der Waals surface area contributed by atoms with E-state index in [4.69, 9.17) is 9.40 Å². The van der Waals surface area contributed by atoms with Gasteiger partial charge in [0.05, 0.1) is 12.8 Å². The van der Waals surface area contributed by atoms with Crippen LogP contribution in [0.5, 0.6) is 0 Å². The number of aromatic nitrogens is 4. The number of fused-ring (bicyclic) bond motifs is 1. The molecule has 34 heavy (non-hydrogen) atoms. The quantitative estimate of drug-likeness (QED) is 0.385. The summed E-state index contributed by atoms with van der Waals surface area (Å²) >= 11 is 0. The minimum absolute atomic E-state index is 0.0587. The van der Waals surface area contributed by atoms with Gasteiger partial charge >= 0.3 is 5.69 Å². The van der Waals surface area contributed by atoms with E-state index in [-0.39, 0.29) is 11.9 Å². The Labute approximate surface area is 198 Å². The van der Waals surface area contributed by atoms with Crippen LogP contribution in [-0.4, -0.2) is 36.0 Å². The van der Waals surface area contributed by atoms with Crippen LogP contribution < -0.4 is 11.2 Å². The number of carbonyl (C=O) groups is 1. The smallest absolute Gasteiger partial charge is 0.330 e. The second-order valence-electron chi connectivity index (χ2n) is 9.16. The van der Waals surface area contributed by atoms with Crippen LogP contribution in [0.4, 0.5) is 0 Å². The van der Waals surface area contributed by atoms with Crippen molar-refractivity contribution in [3.05, 3.63) is 50.8 Å². The van der Waals surface area contributed by atoms with E-state index in [2.05, 4.69) is 18.8 Å². The molecule has 0 radical (unpaired) electrons. The molecule has 0 aliphatic heterocycles. The van der Waals surface area contributed by atoms with Crippen molar-refractivity contribution in [2.24, 2.45) is 0 Å². The van der Waals surface area contributed by atoms with E-state index in [0.29, 0.717) is 49.5 Å². The largest absolute Gasteiger partial charge is 0.467 e. The standard InChI is InChI=1S/C25H35N5O4/c1-3-5-7-15-28-20(26-23-22(28)24(32)27-25(33)29(23)14-6-4-2)12-13-21(31)30(18-10-11-18)17-19-9-8-16-34-19/h8-9,16,18H,3-7,10-15,17H2,1-2H3,(H,27,32,33). The minimum atomic E-state index is -0.426. The molecule has 0 spiro atoms. The number of imidazole rings is 1. The molecule has 1 N–H and O–H groups in total. The van der Waals surface area contributed by atoms with E-state index in [1.54, 1.807) is 10.8 Å². The zero-order chi connectivity index (χ0) is 24.1. The van der Waals surface area contributed by atoms with Crippen molar-refractivity contribution < 1.29 is 9.21 Å². The van der Waals surface area contributed by atoms with E-state index in [1.165, 1.54) is 0 Å². The summed E-state index contributed by atoms with van der Waals surface area (Å²) in [5.74, 6) is 1.52. The van der Waals surface area contributed by atoms with E-state index in [0.717, 1.165) is 50.7 Å². The van der Waals surface area contributed by atoms with Crippen LogP contribution >= 0.6 is 0 Å². The second kappa shape index (κ2) is 10.9. The van der Waals surface area contributed by atoms with Crippen molar-refractivity contribution in [2.75, 3.05) is 0 Å². The number of rotatable bonds is 13. The van der Waals surface area contributed by atoms with E-state index in [9.17, 15) is 14.4 Å². The Morgan fingerprint density at radius 2 is 1.91 bits per heavy atom. The van der Waals surface area contributed by atoms with Gasteiger partial charge in [-0.2, -0.15) is 0 Å². The Hall–Kier alpha value is -3.10. The average Bonchev–Trinajstić information content (AvgIpc) is 3.39. The number of amides is 1. The van der Waals surface area contributed by atoms with E-state index < -0.39 is 11.2 Å². The van der Waals surface area contributed by atoms with Crippen molar-refractivity contribution in [3.63, 3.8) is 0 Å². The normalized spacial score (nSPS) is 13.6. The highest BCUT2D eigenvalue weighted by Gasteiger charge is 2.33. The lowest BCUT2D eigenvalue weighted by molar-refractivity contribution is -0.132. The predicted octanol–water partition coefficient (Wildman–Crippen LogP) is 3.59. The molecule has 9 heteroatoms. The number of nitrogens with one attached hydrogen (secondary N) is 1. The molecule has 1 aliphatic rings. The van der Waals surface area contributed by atoms with Crippen molar-refractivity contribution in [1.82, 2.24) is 24.0 Å². The molecule has 1 aliphatic carbocycles. The molecule has 1 saturated carbocycles. The first kappa shape index (κ1) is 24.0. The minimum Gasteiger partial charge on any atom is -0.467 e. The summed E-state index contributed by atoms with van der Waals surface area (Å²) in [4.78, 5) is 47.6. The Morgan fingerprint density at radius 1 is 1.15 bits per heavy atom.